The number of hydrogen-bond donors (Lipinski definition) is 1. The molecule has 0 atom stereocenters. The minimum Gasteiger partial charge on any atom is -0.335 e. The van der Waals surface area contributed by atoms with Crippen molar-refractivity contribution in [2.45, 2.75) is 13.8 Å². The molecular weight excluding hydrogens is 372 g/mol. The summed E-state index contributed by atoms with van der Waals surface area (Å²) in [5.74, 6) is -1.98. The van der Waals surface area contributed by atoms with Gasteiger partial charge in [-0.2, -0.15) is 0 Å². The van der Waals surface area contributed by atoms with Crippen molar-refractivity contribution < 1.29 is 18.1 Å². The maximum Gasteiger partial charge on any atom is 0.259 e. The normalized spacial score (nSPS) is 11.1. The van der Waals surface area contributed by atoms with Crippen LogP contribution in [-0.4, -0.2) is 16.0 Å². The molecule has 0 unspecified atom stereocenters. The second kappa shape index (κ2) is 6.55. The molecular formula is C19H13F2N3O2S. The number of fused-ring (bicyclic) bond motifs is 1. The maximum absolute atomic E-state index is 13.9. The molecule has 0 bridgehead atoms. The topological polar surface area (TPSA) is 68.0 Å². The van der Waals surface area contributed by atoms with Gasteiger partial charge in [0.15, 0.2) is 0 Å². The Labute approximate surface area is 156 Å². The summed E-state index contributed by atoms with van der Waals surface area (Å²) >= 11 is 1.52. The molecule has 0 saturated heterocycles. The van der Waals surface area contributed by atoms with Gasteiger partial charge in [-0.1, -0.05) is 5.16 Å². The van der Waals surface area contributed by atoms with Gasteiger partial charge in [-0.15, -0.1) is 11.3 Å². The number of carbonyl (C=O) groups is 1. The van der Waals surface area contributed by atoms with E-state index in [1.807, 2.05) is 19.1 Å². The van der Waals surface area contributed by atoms with E-state index in [0.717, 1.165) is 28.0 Å². The summed E-state index contributed by atoms with van der Waals surface area (Å²) in [6, 6.07) is 8.30. The van der Waals surface area contributed by atoms with Gasteiger partial charge in [0.1, 0.15) is 11.6 Å². The van der Waals surface area contributed by atoms with E-state index in [1.54, 1.807) is 13.0 Å². The van der Waals surface area contributed by atoms with Crippen LogP contribution in [0.4, 0.5) is 14.5 Å². The molecule has 0 aliphatic heterocycles. The van der Waals surface area contributed by atoms with Gasteiger partial charge < -0.3 is 9.84 Å². The molecule has 0 aliphatic carbocycles. The summed E-state index contributed by atoms with van der Waals surface area (Å²) in [7, 11) is 0. The fraction of sp³-hybridized carbons (Fsp3) is 0.105. The quantitative estimate of drug-likeness (QED) is 0.533. The summed E-state index contributed by atoms with van der Waals surface area (Å²) in [6.45, 7) is 3.65. The number of carbonyl (C=O) groups excluding carboxylic acids is 1. The summed E-state index contributed by atoms with van der Waals surface area (Å²) in [6.07, 6.45) is 0. The highest BCUT2D eigenvalue weighted by Gasteiger charge is 2.21. The number of anilines is 1. The molecule has 3 aromatic heterocycles. The lowest BCUT2D eigenvalue weighted by molar-refractivity contribution is 0.102. The first-order chi connectivity index (χ1) is 12.9. The van der Waals surface area contributed by atoms with Crippen molar-refractivity contribution in [1.29, 1.82) is 0 Å². The van der Waals surface area contributed by atoms with Crippen LogP contribution in [0.5, 0.6) is 0 Å². The van der Waals surface area contributed by atoms with Gasteiger partial charge in [0.2, 0.25) is 0 Å². The number of pyridine rings is 1. The molecule has 0 radical (unpaired) electrons. The third-order valence-corrected chi connectivity index (χ3v) is 5.05. The van der Waals surface area contributed by atoms with Crippen LogP contribution < -0.4 is 5.32 Å². The molecule has 4 rings (SSSR count). The molecule has 1 N–H and O–H groups in total. The first kappa shape index (κ1) is 17.3. The molecule has 136 valence electrons. The smallest absolute Gasteiger partial charge is 0.259 e. The standard InChI is InChI=1S/C19H13F2N3O2S/c1-9-3-6-16(27-9)15-8-12(17-10(2)24-26-19(17)23-15)18(25)22-14-7-11(20)4-5-13(14)21/h3-8H,1-2H3,(H,22,25). The van der Waals surface area contributed by atoms with Crippen molar-refractivity contribution in [2.75, 3.05) is 5.32 Å². The summed E-state index contributed by atoms with van der Waals surface area (Å²) < 4.78 is 32.5. The maximum atomic E-state index is 13.9. The molecule has 3 heterocycles. The highest BCUT2D eigenvalue weighted by Crippen LogP contribution is 2.31. The number of nitrogens with zero attached hydrogens (tertiary/aromatic N) is 2. The van der Waals surface area contributed by atoms with Crippen LogP contribution >= 0.6 is 11.3 Å². The molecule has 1 amide bonds. The third-order valence-electron chi connectivity index (χ3n) is 4.03. The number of halogens is 2. The fourth-order valence-corrected chi connectivity index (χ4v) is 3.58. The average molecular weight is 385 g/mol. The number of amides is 1. The highest BCUT2D eigenvalue weighted by molar-refractivity contribution is 7.15. The predicted molar refractivity (Wildman–Crippen MR) is 98.9 cm³/mol. The number of rotatable bonds is 3. The monoisotopic (exact) mass is 385 g/mol. The second-order valence-corrected chi connectivity index (χ2v) is 7.28. The van der Waals surface area contributed by atoms with Crippen molar-refractivity contribution in [3.63, 3.8) is 0 Å². The van der Waals surface area contributed by atoms with Gasteiger partial charge in [-0.25, -0.2) is 13.8 Å². The zero-order chi connectivity index (χ0) is 19.1. The summed E-state index contributed by atoms with van der Waals surface area (Å²) in [4.78, 5) is 19.2. The van der Waals surface area contributed by atoms with Crippen LogP contribution in [-0.2, 0) is 0 Å². The molecule has 0 saturated carbocycles. The van der Waals surface area contributed by atoms with Crippen LogP contribution in [0.25, 0.3) is 21.7 Å². The Bertz CT molecular complexity index is 1180. The Morgan fingerprint density at radius 1 is 1.15 bits per heavy atom. The van der Waals surface area contributed by atoms with Gasteiger partial charge in [0, 0.05) is 10.9 Å². The lowest BCUT2D eigenvalue weighted by Crippen LogP contribution is -2.14. The Kier molecular flexibility index (Phi) is 4.19. The van der Waals surface area contributed by atoms with E-state index in [0.29, 0.717) is 16.8 Å². The lowest BCUT2D eigenvalue weighted by Gasteiger charge is -2.08. The van der Waals surface area contributed by atoms with E-state index in [9.17, 15) is 13.6 Å². The fourth-order valence-electron chi connectivity index (χ4n) is 2.76. The molecule has 4 aromatic rings. The summed E-state index contributed by atoms with van der Waals surface area (Å²) in [5.41, 5.74) is 1.22. The van der Waals surface area contributed by atoms with E-state index in [4.69, 9.17) is 4.52 Å². The third kappa shape index (κ3) is 3.19. The van der Waals surface area contributed by atoms with Crippen LogP contribution in [0.2, 0.25) is 0 Å². The van der Waals surface area contributed by atoms with E-state index in [-0.39, 0.29) is 17.0 Å². The molecule has 0 aliphatic rings. The Morgan fingerprint density at radius 3 is 2.70 bits per heavy atom. The number of benzene rings is 1. The van der Waals surface area contributed by atoms with Gasteiger partial charge >= 0.3 is 0 Å². The van der Waals surface area contributed by atoms with Crippen molar-refractivity contribution in [2.24, 2.45) is 0 Å². The number of aryl methyl sites for hydroxylation is 2. The Morgan fingerprint density at radius 2 is 1.96 bits per heavy atom. The van der Waals surface area contributed by atoms with E-state index in [1.165, 1.54) is 11.3 Å². The molecule has 8 heteroatoms. The minimum absolute atomic E-state index is 0.209. The summed E-state index contributed by atoms with van der Waals surface area (Å²) in [5, 5.41) is 6.71. The van der Waals surface area contributed by atoms with Crippen LogP contribution in [0, 0.1) is 25.5 Å². The van der Waals surface area contributed by atoms with Crippen LogP contribution in [0.3, 0.4) is 0 Å². The first-order valence-corrected chi connectivity index (χ1v) is 8.84. The van der Waals surface area contributed by atoms with Crippen LogP contribution in [0.15, 0.2) is 40.9 Å². The van der Waals surface area contributed by atoms with Gasteiger partial charge in [-0.3, -0.25) is 4.79 Å². The first-order valence-electron chi connectivity index (χ1n) is 8.02. The predicted octanol–water partition coefficient (Wildman–Crippen LogP) is 5.10. The van der Waals surface area contributed by atoms with Crippen LogP contribution in [0.1, 0.15) is 20.9 Å². The molecule has 5 nitrogen and oxygen atoms in total. The van der Waals surface area contributed by atoms with Gasteiger partial charge in [0.25, 0.3) is 11.6 Å². The molecule has 0 spiro atoms. The molecule has 0 fully saturated rings. The second-order valence-electron chi connectivity index (χ2n) is 5.99. The molecule has 1 aromatic carbocycles. The molecule has 27 heavy (non-hydrogen) atoms. The van der Waals surface area contributed by atoms with Crippen molar-refractivity contribution in [1.82, 2.24) is 10.1 Å². The SMILES string of the molecule is Cc1ccc(-c2cc(C(=O)Nc3cc(F)ccc3F)c3c(C)noc3n2)s1. The zero-order valence-corrected chi connectivity index (χ0v) is 15.2. The number of aromatic nitrogens is 2. The van der Waals surface area contributed by atoms with Crippen molar-refractivity contribution >= 4 is 34.0 Å². The zero-order valence-electron chi connectivity index (χ0n) is 14.3. The van der Waals surface area contributed by atoms with E-state index < -0.39 is 17.5 Å². The van der Waals surface area contributed by atoms with Crippen molar-refractivity contribution in [3.05, 3.63) is 64.2 Å². The minimum atomic E-state index is -0.730. The van der Waals surface area contributed by atoms with Crippen molar-refractivity contribution in [3.8, 4) is 10.6 Å². The average Bonchev–Trinajstić information content (AvgIpc) is 3.23. The van der Waals surface area contributed by atoms with E-state index in [2.05, 4.69) is 15.5 Å². The number of hydrogen-bond acceptors (Lipinski definition) is 5. The Hall–Kier alpha value is -3.13. The lowest BCUT2D eigenvalue weighted by atomic mass is 10.1. The van der Waals surface area contributed by atoms with Gasteiger partial charge in [0.05, 0.1) is 32.9 Å². The van der Waals surface area contributed by atoms with E-state index >= 15 is 0 Å². The number of nitrogens with one attached hydrogen (secondary N) is 1. The largest absolute Gasteiger partial charge is 0.335 e. The Balaban J connectivity index is 1.82. The highest BCUT2D eigenvalue weighted by atomic mass is 32.1. The van der Waals surface area contributed by atoms with Gasteiger partial charge in [-0.05, 0) is 44.2 Å². The number of thiophene rings is 1.